The Hall–Kier alpha value is -1.71. The first-order valence-corrected chi connectivity index (χ1v) is 6.15. The number of hydrogen-bond acceptors (Lipinski definition) is 3. The Balaban J connectivity index is 2.25. The molecule has 1 aromatic rings. The fourth-order valence-electron chi connectivity index (χ4n) is 1.59. The van der Waals surface area contributed by atoms with Crippen LogP contribution in [0.2, 0.25) is 0 Å². The minimum atomic E-state index is -0.479. The second-order valence-corrected chi connectivity index (χ2v) is 5.55. The SMILES string of the molecule is CC(C)(C)Oc1ccc(C(N)=O)c(OC2CC2)c1. The highest BCUT2D eigenvalue weighted by Gasteiger charge is 2.26. The van der Waals surface area contributed by atoms with Gasteiger partial charge >= 0.3 is 0 Å². The number of amides is 1. The van der Waals surface area contributed by atoms with E-state index in [1.54, 1.807) is 18.2 Å². The molecule has 4 nitrogen and oxygen atoms in total. The van der Waals surface area contributed by atoms with Crippen molar-refractivity contribution in [3.63, 3.8) is 0 Å². The summed E-state index contributed by atoms with van der Waals surface area (Å²) < 4.78 is 11.4. The van der Waals surface area contributed by atoms with Gasteiger partial charge in [-0.2, -0.15) is 0 Å². The van der Waals surface area contributed by atoms with Gasteiger partial charge in [0, 0.05) is 6.07 Å². The van der Waals surface area contributed by atoms with Crippen LogP contribution in [0, 0.1) is 0 Å². The molecule has 0 heterocycles. The molecule has 1 saturated carbocycles. The van der Waals surface area contributed by atoms with E-state index in [0.717, 1.165) is 12.8 Å². The Morgan fingerprint density at radius 3 is 2.50 bits per heavy atom. The molecule has 2 N–H and O–H groups in total. The Morgan fingerprint density at radius 1 is 1.33 bits per heavy atom. The van der Waals surface area contributed by atoms with Gasteiger partial charge in [0.2, 0.25) is 0 Å². The molecular formula is C14H19NO3. The van der Waals surface area contributed by atoms with E-state index >= 15 is 0 Å². The summed E-state index contributed by atoms with van der Waals surface area (Å²) in [6, 6.07) is 5.13. The molecule has 1 aliphatic carbocycles. The molecular weight excluding hydrogens is 230 g/mol. The minimum Gasteiger partial charge on any atom is -0.489 e. The molecule has 18 heavy (non-hydrogen) atoms. The molecule has 1 amide bonds. The molecule has 2 rings (SSSR count). The molecule has 0 unspecified atom stereocenters. The van der Waals surface area contributed by atoms with Crippen LogP contribution in [-0.2, 0) is 0 Å². The van der Waals surface area contributed by atoms with Gasteiger partial charge in [0.05, 0.1) is 11.7 Å². The van der Waals surface area contributed by atoms with Gasteiger partial charge in [-0.3, -0.25) is 4.79 Å². The summed E-state index contributed by atoms with van der Waals surface area (Å²) in [6.45, 7) is 5.91. The van der Waals surface area contributed by atoms with Crippen LogP contribution in [-0.4, -0.2) is 17.6 Å². The molecule has 0 bridgehead atoms. The molecule has 0 aliphatic heterocycles. The normalized spacial score (nSPS) is 15.3. The lowest BCUT2D eigenvalue weighted by atomic mass is 10.1. The molecule has 1 aliphatic rings. The van der Waals surface area contributed by atoms with Crippen molar-refractivity contribution in [2.75, 3.05) is 0 Å². The molecule has 0 radical (unpaired) electrons. The smallest absolute Gasteiger partial charge is 0.252 e. The van der Waals surface area contributed by atoms with Gasteiger partial charge in [0.25, 0.3) is 5.91 Å². The standard InChI is InChI=1S/C14H19NO3/c1-14(2,3)18-10-6-7-11(13(15)16)12(8-10)17-9-4-5-9/h6-9H,4-5H2,1-3H3,(H2,15,16). The number of nitrogens with two attached hydrogens (primary N) is 1. The summed E-state index contributed by atoms with van der Waals surface area (Å²) in [6.07, 6.45) is 2.28. The monoisotopic (exact) mass is 249 g/mol. The zero-order chi connectivity index (χ0) is 13.3. The minimum absolute atomic E-state index is 0.216. The molecule has 1 aromatic carbocycles. The van der Waals surface area contributed by atoms with Gasteiger partial charge in [-0.05, 0) is 45.7 Å². The maximum Gasteiger partial charge on any atom is 0.252 e. The van der Waals surface area contributed by atoms with Crippen LogP contribution in [0.25, 0.3) is 0 Å². The average Bonchev–Trinajstić information content (AvgIpc) is 2.98. The largest absolute Gasteiger partial charge is 0.489 e. The predicted molar refractivity (Wildman–Crippen MR) is 69.0 cm³/mol. The van der Waals surface area contributed by atoms with Crippen molar-refractivity contribution in [2.24, 2.45) is 5.73 Å². The van der Waals surface area contributed by atoms with Gasteiger partial charge in [-0.1, -0.05) is 0 Å². The third-order valence-corrected chi connectivity index (χ3v) is 2.46. The van der Waals surface area contributed by atoms with Gasteiger partial charge in [0.1, 0.15) is 17.1 Å². The van der Waals surface area contributed by atoms with E-state index < -0.39 is 5.91 Å². The summed E-state index contributed by atoms with van der Waals surface area (Å²) in [7, 11) is 0. The first kappa shape index (κ1) is 12.7. The Kier molecular flexibility index (Phi) is 3.20. The zero-order valence-corrected chi connectivity index (χ0v) is 11.0. The quantitative estimate of drug-likeness (QED) is 0.891. The maximum absolute atomic E-state index is 11.3. The van der Waals surface area contributed by atoms with Crippen molar-refractivity contribution < 1.29 is 14.3 Å². The van der Waals surface area contributed by atoms with Gasteiger partial charge < -0.3 is 15.2 Å². The van der Waals surface area contributed by atoms with E-state index in [4.69, 9.17) is 15.2 Å². The number of carbonyl (C=O) groups excluding carboxylic acids is 1. The summed E-state index contributed by atoms with van der Waals surface area (Å²) in [5.41, 5.74) is 5.45. The number of benzene rings is 1. The molecule has 0 atom stereocenters. The maximum atomic E-state index is 11.3. The summed E-state index contributed by atoms with van der Waals surface area (Å²) in [5.74, 6) is 0.725. The second kappa shape index (κ2) is 4.52. The summed E-state index contributed by atoms with van der Waals surface area (Å²) in [4.78, 5) is 11.3. The van der Waals surface area contributed by atoms with Gasteiger partial charge in [-0.15, -0.1) is 0 Å². The highest BCUT2D eigenvalue weighted by Crippen LogP contribution is 2.32. The van der Waals surface area contributed by atoms with Crippen molar-refractivity contribution in [1.29, 1.82) is 0 Å². The lowest BCUT2D eigenvalue weighted by molar-refractivity contribution is 0.0995. The number of hydrogen-bond donors (Lipinski definition) is 1. The van der Waals surface area contributed by atoms with Crippen molar-refractivity contribution in [3.8, 4) is 11.5 Å². The number of ether oxygens (including phenoxy) is 2. The van der Waals surface area contributed by atoms with Gasteiger partial charge in [-0.25, -0.2) is 0 Å². The molecule has 1 fully saturated rings. The summed E-state index contributed by atoms with van der Waals surface area (Å²) in [5, 5.41) is 0. The van der Waals surface area contributed by atoms with Crippen LogP contribution in [0.1, 0.15) is 44.0 Å². The number of carbonyl (C=O) groups is 1. The molecule has 0 aromatic heterocycles. The topological polar surface area (TPSA) is 61.5 Å². The third-order valence-electron chi connectivity index (χ3n) is 2.46. The van der Waals surface area contributed by atoms with Gasteiger partial charge in [0.15, 0.2) is 0 Å². The highest BCUT2D eigenvalue weighted by atomic mass is 16.5. The number of primary amides is 1. The van der Waals surface area contributed by atoms with Crippen LogP contribution in [0.4, 0.5) is 0 Å². The first-order valence-electron chi connectivity index (χ1n) is 6.15. The van der Waals surface area contributed by atoms with Crippen LogP contribution in [0.3, 0.4) is 0 Å². The van der Waals surface area contributed by atoms with Crippen LogP contribution in [0.5, 0.6) is 11.5 Å². The fraction of sp³-hybridized carbons (Fsp3) is 0.500. The van der Waals surface area contributed by atoms with Crippen molar-refractivity contribution in [3.05, 3.63) is 23.8 Å². The molecule has 98 valence electrons. The van der Waals surface area contributed by atoms with E-state index in [0.29, 0.717) is 17.1 Å². The van der Waals surface area contributed by atoms with E-state index in [2.05, 4.69) is 0 Å². The average molecular weight is 249 g/mol. The van der Waals surface area contributed by atoms with Crippen LogP contribution >= 0.6 is 0 Å². The van der Waals surface area contributed by atoms with E-state index in [1.807, 2.05) is 20.8 Å². The van der Waals surface area contributed by atoms with Crippen LogP contribution in [0.15, 0.2) is 18.2 Å². The Morgan fingerprint density at radius 2 is 2.00 bits per heavy atom. The van der Waals surface area contributed by atoms with Crippen molar-refractivity contribution in [2.45, 2.75) is 45.3 Å². The number of rotatable bonds is 4. The van der Waals surface area contributed by atoms with Crippen LogP contribution < -0.4 is 15.2 Å². The first-order chi connectivity index (χ1) is 8.35. The molecule has 4 heteroatoms. The third kappa shape index (κ3) is 3.39. The summed E-state index contributed by atoms with van der Waals surface area (Å²) >= 11 is 0. The Bertz CT molecular complexity index is 459. The van der Waals surface area contributed by atoms with Crippen molar-refractivity contribution >= 4 is 5.91 Å². The highest BCUT2D eigenvalue weighted by molar-refractivity contribution is 5.95. The van der Waals surface area contributed by atoms with E-state index in [9.17, 15) is 4.79 Å². The lowest BCUT2D eigenvalue weighted by Gasteiger charge is -2.22. The predicted octanol–water partition coefficient (Wildman–Crippen LogP) is 2.50. The Labute approximate surface area is 107 Å². The fourth-order valence-corrected chi connectivity index (χ4v) is 1.59. The second-order valence-electron chi connectivity index (χ2n) is 5.55. The van der Waals surface area contributed by atoms with E-state index in [1.165, 1.54) is 0 Å². The van der Waals surface area contributed by atoms with Crippen molar-refractivity contribution in [1.82, 2.24) is 0 Å². The molecule has 0 saturated heterocycles. The van der Waals surface area contributed by atoms with E-state index in [-0.39, 0.29) is 11.7 Å². The lowest BCUT2D eigenvalue weighted by Crippen LogP contribution is -2.23. The molecule has 0 spiro atoms. The zero-order valence-electron chi connectivity index (χ0n) is 11.0.